The number of likely N-dealkylation sites (N-methyl/N-ethyl adjacent to an activating group) is 1. The van der Waals surface area contributed by atoms with Gasteiger partial charge in [-0.1, -0.05) is 19.1 Å². The lowest BCUT2D eigenvalue weighted by Crippen LogP contribution is -2.47. The van der Waals surface area contributed by atoms with Crippen LogP contribution in [0.2, 0.25) is 0 Å². The summed E-state index contributed by atoms with van der Waals surface area (Å²) in [4.78, 5) is 35.6. The van der Waals surface area contributed by atoms with Gasteiger partial charge in [0.25, 0.3) is 17.5 Å². The van der Waals surface area contributed by atoms with Gasteiger partial charge in [0, 0.05) is 43.3 Å². The Hall–Kier alpha value is -4.57. The molecule has 210 valence electrons. The lowest BCUT2D eigenvalue weighted by molar-refractivity contribution is -0.644. The summed E-state index contributed by atoms with van der Waals surface area (Å²) in [5, 5.41) is 8.94. The quantitative estimate of drug-likeness (QED) is 0.328. The van der Waals surface area contributed by atoms with E-state index in [1.165, 1.54) is 0 Å². The van der Waals surface area contributed by atoms with E-state index < -0.39 is 0 Å². The summed E-state index contributed by atoms with van der Waals surface area (Å²) >= 11 is 0. The third-order valence-electron chi connectivity index (χ3n) is 7.83. The Morgan fingerprint density at radius 1 is 1.05 bits per heavy atom. The van der Waals surface area contributed by atoms with Crippen LogP contribution in [0, 0.1) is 6.92 Å². The van der Waals surface area contributed by atoms with Crippen LogP contribution in [0.3, 0.4) is 0 Å². The molecule has 4 aromatic heterocycles. The fourth-order valence-corrected chi connectivity index (χ4v) is 5.58. The van der Waals surface area contributed by atoms with E-state index in [4.69, 9.17) is 5.10 Å². The van der Waals surface area contributed by atoms with Crippen molar-refractivity contribution in [2.75, 3.05) is 38.5 Å². The molecule has 1 aromatic carbocycles. The van der Waals surface area contributed by atoms with Crippen LogP contribution in [-0.4, -0.2) is 74.0 Å². The molecule has 10 nitrogen and oxygen atoms in total. The van der Waals surface area contributed by atoms with Crippen molar-refractivity contribution in [2.24, 2.45) is 7.05 Å². The minimum atomic E-state index is -0.235. The van der Waals surface area contributed by atoms with Crippen LogP contribution in [0.4, 0.5) is 5.69 Å². The van der Waals surface area contributed by atoms with E-state index in [0.29, 0.717) is 36.6 Å². The number of anilines is 1. The third-order valence-corrected chi connectivity index (χ3v) is 7.83. The molecule has 0 aliphatic carbocycles. The first-order valence-electron chi connectivity index (χ1n) is 14.0. The van der Waals surface area contributed by atoms with Crippen molar-refractivity contribution in [2.45, 2.75) is 26.8 Å². The van der Waals surface area contributed by atoms with Gasteiger partial charge in [-0.15, -0.1) is 0 Å². The minimum Gasteiger partial charge on any atom is -0.336 e. The minimum absolute atomic E-state index is 0.0180. The largest absolute Gasteiger partial charge is 0.336 e. The first-order chi connectivity index (χ1) is 19.8. The Morgan fingerprint density at radius 2 is 1.83 bits per heavy atom. The van der Waals surface area contributed by atoms with Crippen LogP contribution in [-0.2, 0) is 20.0 Å². The second kappa shape index (κ2) is 10.8. The first kappa shape index (κ1) is 26.6. The highest BCUT2D eigenvalue weighted by Crippen LogP contribution is 2.28. The van der Waals surface area contributed by atoms with E-state index in [-0.39, 0.29) is 11.8 Å². The number of fused-ring (bicyclic) bond motifs is 2. The van der Waals surface area contributed by atoms with E-state index in [0.717, 1.165) is 53.1 Å². The second-order valence-corrected chi connectivity index (χ2v) is 10.7. The number of nitrogens with one attached hydrogen (secondary N) is 1. The van der Waals surface area contributed by atoms with Crippen molar-refractivity contribution in [3.8, 4) is 0 Å². The summed E-state index contributed by atoms with van der Waals surface area (Å²) in [6, 6.07) is 15.5. The Kier molecular flexibility index (Phi) is 7.00. The zero-order valence-corrected chi connectivity index (χ0v) is 24.0. The molecule has 5 heterocycles. The van der Waals surface area contributed by atoms with Crippen molar-refractivity contribution in [1.82, 2.24) is 29.0 Å². The average molecular weight is 552 g/mol. The molecule has 41 heavy (non-hydrogen) atoms. The normalized spacial score (nSPS) is 14.2. The standard InChI is InChI=1S/C31H34N8O2/c1-5-24-29-25(10-7-11-26(29)39(34-24)19-23-9-6-8-21(2)32-23)33-30(40)27-20-36(4)28-18-22(12-13-38(27)28)31(41)37-16-14-35(3)15-17-37/h6-13,18,20H,5,14-17,19H2,1-4H3/p+1. The van der Waals surface area contributed by atoms with Gasteiger partial charge in [-0.2, -0.15) is 9.50 Å². The smallest absolute Gasteiger partial charge is 0.299 e. The van der Waals surface area contributed by atoms with Crippen molar-refractivity contribution in [3.63, 3.8) is 0 Å². The summed E-state index contributed by atoms with van der Waals surface area (Å²) in [6.07, 6.45) is 4.33. The van der Waals surface area contributed by atoms with Gasteiger partial charge in [-0.3, -0.25) is 19.3 Å². The zero-order valence-electron chi connectivity index (χ0n) is 24.0. The number of aryl methyl sites for hydroxylation is 3. The van der Waals surface area contributed by atoms with Gasteiger partial charge in [0.1, 0.15) is 6.20 Å². The van der Waals surface area contributed by atoms with Crippen LogP contribution >= 0.6 is 0 Å². The van der Waals surface area contributed by atoms with Crippen molar-refractivity contribution in [3.05, 3.63) is 89.3 Å². The number of pyridine rings is 2. The number of carbonyl (C=O) groups is 2. The fourth-order valence-electron chi connectivity index (χ4n) is 5.58. The molecule has 1 N–H and O–H groups in total. The topological polar surface area (TPSA) is 91.6 Å². The Bertz CT molecular complexity index is 1780. The number of nitrogens with zero attached hydrogens (tertiary/aromatic N) is 7. The molecule has 0 saturated carbocycles. The number of piperazine rings is 1. The number of aromatic nitrogens is 5. The molecular formula is C31H35N8O2+. The summed E-state index contributed by atoms with van der Waals surface area (Å²) in [5.41, 5.74) is 6.34. The highest BCUT2D eigenvalue weighted by molar-refractivity contribution is 6.08. The van der Waals surface area contributed by atoms with E-state index in [1.54, 1.807) is 18.5 Å². The van der Waals surface area contributed by atoms with Gasteiger partial charge < -0.3 is 15.1 Å². The number of carbonyl (C=O) groups excluding carboxylic acids is 2. The number of benzene rings is 1. The maximum Gasteiger partial charge on any atom is 0.299 e. The van der Waals surface area contributed by atoms with E-state index >= 15 is 0 Å². The van der Waals surface area contributed by atoms with Crippen molar-refractivity contribution >= 4 is 34.1 Å². The fraction of sp³-hybridized carbons (Fsp3) is 0.323. The summed E-state index contributed by atoms with van der Waals surface area (Å²) < 4.78 is 5.65. The lowest BCUT2D eigenvalue weighted by Gasteiger charge is -2.32. The molecule has 0 unspecified atom stereocenters. The highest BCUT2D eigenvalue weighted by Gasteiger charge is 2.26. The van der Waals surface area contributed by atoms with Crippen LogP contribution in [0.25, 0.3) is 16.6 Å². The van der Waals surface area contributed by atoms with Crippen LogP contribution in [0.1, 0.15) is 44.9 Å². The molecule has 1 aliphatic heterocycles. The molecular weight excluding hydrogens is 516 g/mol. The number of imidazole rings is 1. The average Bonchev–Trinajstić information content (AvgIpc) is 3.50. The van der Waals surface area contributed by atoms with Crippen molar-refractivity contribution < 1.29 is 14.2 Å². The summed E-state index contributed by atoms with van der Waals surface area (Å²) in [7, 11) is 3.95. The van der Waals surface area contributed by atoms with Gasteiger partial charge in [0.2, 0.25) is 5.69 Å². The van der Waals surface area contributed by atoms with Gasteiger partial charge >= 0.3 is 0 Å². The second-order valence-electron chi connectivity index (χ2n) is 10.7. The lowest BCUT2D eigenvalue weighted by atomic mass is 10.1. The molecule has 0 radical (unpaired) electrons. The maximum atomic E-state index is 13.7. The van der Waals surface area contributed by atoms with Crippen molar-refractivity contribution in [1.29, 1.82) is 0 Å². The van der Waals surface area contributed by atoms with Gasteiger partial charge in [0.15, 0.2) is 0 Å². The molecule has 1 saturated heterocycles. The van der Waals surface area contributed by atoms with Gasteiger partial charge in [-0.05, 0) is 50.7 Å². The number of amides is 2. The number of hydrogen-bond donors (Lipinski definition) is 1. The summed E-state index contributed by atoms with van der Waals surface area (Å²) in [5.74, 6) is -0.217. The molecule has 10 heteroatoms. The predicted molar refractivity (Wildman–Crippen MR) is 157 cm³/mol. The van der Waals surface area contributed by atoms with E-state index in [9.17, 15) is 9.59 Å². The Morgan fingerprint density at radius 3 is 2.59 bits per heavy atom. The van der Waals surface area contributed by atoms with Crippen LogP contribution < -0.4 is 9.88 Å². The summed E-state index contributed by atoms with van der Waals surface area (Å²) in [6.45, 7) is 7.75. The van der Waals surface area contributed by atoms with Crippen LogP contribution in [0.15, 0.2) is 60.9 Å². The van der Waals surface area contributed by atoms with E-state index in [2.05, 4.69) is 29.2 Å². The number of hydrogen-bond acceptors (Lipinski definition) is 5. The Labute approximate surface area is 238 Å². The molecule has 0 atom stereocenters. The molecule has 0 spiro atoms. The zero-order chi connectivity index (χ0) is 28.7. The molecule has 6 rings (SSSR count). The molecule has 1 fully saturated rings. The van der Waals surface area contributed by atoms with E-state index in [1.807, 2.05) is 75.0 Å². The highest BCUT2D eigenvalue weighted by atomic mass is 16.2. The molecule has 1 aliphatic rings. The maximum absolute atomic E-state index is 13.7. The van der Waals surface area contributed by atoms with Gasteiger partial charge in [0.05, 0.1) is 47.9 Å². The monoisotopic (exact) mass is 551 g/mol. The van der Waals surface area contributed by atoms with Gasteiger partial charge in [-0.25, -0.2) is 4.57 Å². The number of rotatable bonds is 6. The molecule has 5 aromatic rings. The SMILES string of the molecule is CCc1nn(Cc2cccc(C)n2)c2cccc(NC(=O)c3c[n+](C)c4cc(C(=O)N5CCN(C)CC5)ccn34)c12. The van der Waals surface area contributed by atoms with Crippen LogP contribution in [0.5, 0.6) is 0 Å². The molecule has 0 bridgehead atoms. The predicted octanol–water partition coefficient (Wildman–Crippen LogP) is 3.07. The first-order valence-corrected chi connectivity index (χ1v) is 14.0. The Balaban J connectivity index is 1.29. The molecule has 2 amide bonds. The third kappa shape index (κ3) is 5.06.